The lowest BCUT2D eigenvalue weighted by Crippen LogP contribution is -2.47. The molecule has 0 atom stereocenters. The Balaban J connectivity index is 2.74. The lowest BCUT2D eigenvalue weighted by molar-refractivity contribution is -0.321. The molecule has 0 N–H and O–H groups in total. The fourth-order valence-electron chi connectivity index (χ4n) is 1.63. The van der Waals surface area contributed by atoms with Gasteiger partial charge in [-0.05, 0) is 18.8 Å². The van der Waals surface area contributed by atoms with E-state index in [1.807, 2.05) is 34.6 Å². The summed E-state index contributed by atoms with van der Waals surface area (Å²) in [5, 5.41) is 0. The Kier molecular flexibility index (Phi) is 4.14. The number of carbonyl (C=O) groups excluding carboxylic acids is 2. The van der Waals surface area contributed by atoms with Gasteiger partial charge in [-0.2, -0.15) is 0 Å². The minimum Gasteiger partial charge on any atom is -0.400 e. The lowest BCUT2D eigenvalue weighted by Gasteiger charge is -2.40. The van der Waals surface area contributed by atoms with Crippen LogP contribution in [0.4, 0.5) is 0 Å². The lowest BCUT2D eigenvalue weighted by atomic mass is 9.82. The molecule has 0 saturated carbocycles. The zero-order valence-electron chi connectivity index (χ0n) is 11.0. The smallest absolute Gasteiger partial charge is 0.365 e. The van der Waals surface area contributed by atoms with Crippen LogP contribution in [0.2, 0.25) is 0 Å². The summed E-state index contributed by atoms with van der Waals surface area (Å²) in [7, 11) is 0. The average molecular weight is 244 g/mol. The Labute approximate surface area is 101 Å². The van der Waals surface area contributed by atoms with E-state index in [1.54, 1.807) is 0 Å². The molecule has 0 aromatic heterocycles. The standard InChI is InChI=1S/C12H20O5/c1-7(2)12(5,8(3)4)17-11-15-9(13)6-10(14)16-11/h7-8,11H,6H2,1-5H3. The van der Waals surface area contributed by atoms with Crippen molar-refractivity contribution in [3.63, 3.8) is 0 Å². The van der Waals surface area contributed by atoms with Crippen molar-refractivity contribution in [2.75, 3.05) is 0 Å². The van der Waals surface area contributed by atoms with Gasteiger partial charge in [0.25, 0.3) is 0 Å². The molecule has 0 unspecified atom stereocenters. The van der Waals surface area contributed by atoms with E-state index in [2.05, 4.69) is 0 Å². The van der Waals surface area contributed by atoms with Gasteiger partial charge >= 0.3 is 18.4 Å². The molecule has 5 nitrogen and oxygen atoms in total. The highest BCUT2D eigenvalue weighted by Crippen LogP contribution is 2.32. The van der Waals surface area contributed by atoms with Gasteiger partial charge in [0.05, 0.1) is 5.60 Å². The number of carbonyl (C=O) groups is 2. The number of cyclic esters (lactones) is 2. The molecule has 1 aliphatic rings. The molecule has 17 heavy (non-hydrogen) atoms. The molecule has 0 aliphatic carbocycles. The van der Waals surface area contributed by atoms with E-state index in [4.69, 9.17) is 14.2 Å². The third kappa shape index (κ3) is 3.19. The molecular weight excluding hydrogens is 224 g/mol. The van der Waals surface area contributed by atoms with Crippen molar-refractivity contribution in [2.45, 2.75) is 53.1 Å². The molecule has 0 radical (unpaired) electrons. The summed E-state index contributed by atoms with van der Waals surface area (Å²) >= 11 is 0. The molecule has 0 spiro atoms. The first-order chi connectivity index (χ1) is 7.75. The molecule has 0 aromatic rings. The Morgan fingerprint density at radius 3 is 1.88 bits per heavy atom. The van der Waals surface area contributed by atoms with E-state index >= 15 is 0 Å². The van der Waals surface area contributed by atoms with Crippen LogP contribution in [-0.2, 0) is 23.8 Å². The van der Waals surface area contributed by atoms with Crippen LogP contribution in [0.25, 0.3) is 0 Å². The summed E-state index contributed by atoms with van der Waals surface area (Å²) in [6, 6.07) is 0. The second kappa shape index (κ2) is 5.04. The van der Waals surface area contributed by atoms with Gasteiger partial charge in [0.15, 0.2) is 0 Å². The SMILES string of the molecule is CC(C)C(C)(OC1OC(=O)CC(=O)O1)C(C)C. The molecule has 5 heteroatoms. The second-order valence-corrected chi connectivity index (χ2v) is 5.06. The third-order valence-corrected chi connectivity index (χ3v) is 3.39. The number of hydrogen-bond donors (Lipinski definition) is 0. The fraction of sp³-hybridized carbons (Fsp3) is 0.833. The van der Waals surface area contributed by atoms with E-state index < -0.39 is 24.0 Å². The summed E-state index contributed by atoms with van der Waals surface area (Å²) in [4.78, 5) is 22.2. The second-order valence-electron chi connectivity index (χ2n) is 5.06. The highest BCUT2D eigenvalue weighted by atomic mass is 16.9. The van der Waals surface area contributed by atoms with Crippen molar-refractivity contribution in [3.05, 3.63) is 0 Å². The summed E-state index contributed by atoms with van der Waals surface area (Å²) in [6.07, 6.45) is -0.347. The first-order valence-electron chi connectivity index (χ1n) is 5.82. The number of hydrogen-bond acceptors (Lipinski definition) is 5. The van der Waals surface area contributed by atoms with Crippen LogP contribution in [0.5, 0.6) is 0 Å². The van der Waals surface area contributed by atoms with Crippen molar-refractivity contribution in [2.24, 2.45) is 11.8 Å². The largest absolute Gasteiger partial charge is 0.400 e. The molecule has 0 bridgehead atoms. The predicted octanol–water partition coefficient (Wildman–Crippen LogP) is 1.85. The quantitative estimate of drug-likeness (QED) is 0.558. The Hall–Kier alpha value is -1.10. The minimum absolute atomic E-state index is 0.196. The van der Waals surface area contributed by atoms with Crippen LogP contribution in [0.3, 0.4) is 0 Å². The van der Waals surface area contributed by atoms with Gasteiger partial charge in [0, 0.05) is 0 Å². The molecular formula is C12H20O5. The van der Waals surface area contributed by atoms with Crippen molar-refractivity contribution < 1.29 is 23.8 Å². The van der Waals surface area contributed by atoms with E-state index in [0.717, 1.165) is 0 Å². The molecule has 0 amide bonds. The Morgan fingerprint density at radius 2 is 1.53 bits per heavy atom. The molecule has 1 rings (SSSR count). The maximum absolute atomic E-state index is 11.1. The fourth-order valence-corrected chi connectivity index (χ4v) is 1.63. The van der Waals surface area contributed by atoms with Crippen molar-refractivity contribution in [1.82, 2.24) is 0 Å². The van der Waals surface area contributed by atoms with Crippen LogP contribution < -0.4 is 0 Å². The molecule has 1 saturated heterocycles. The van der Waals surface area contributed by atoms with Crippen LogP contribution in [0.1, 0.15) is 41.0 Å². The molecule has 1 heterocycles. The third-order valence-electron chi connectivity index (χ3n) is 3.39. The highest BCUT2D eigenvalue weighted by Gasteiger charge is 2.40. The maximum Gasteiger partial charge on any atom is 0.365 e. The van der Waals surface area contributed by atoms with Crippen molar-refractivity contribution in [3.8, 4) is 0 Å². The summed E-state index contributed by atoms with van der Waals surface area (Å²) in [6.45, 7) is 8.72. The predicted molar refractivity (Wildman–Crippen MR) is 59.8 cm³/mol. The van der Waals surface area contributed by atoms with Gasteiger partial charge in [-0.15, -0.1) is 0 Å². The number of ether oxygens (including phenoxy) is 3. The van der Waals surface area contributed by atoms with Gasteiger partial charge in [-0.3, -0.25) is 9.59 Å². The van der Waals surface area contributed by atoms with Crippen molar-refractivity contribution in [1.29, 1.82) is 0 Å². The summed E-state index contributed by atoms with van der Waals surface area (Å²) in [5.41, 5.74) is -0.525. The Bertz CT molecular complexity index is 284. The van der Waals surface area contributed by atoms with Crippen LogP contribution in [0, 0.1) is 11.8 Å². The first kappa shape index (κ1) is 14.0. The normalized spacial score (nSPS) is 18.5. The van der Waals surface area contributed by atoms with Crippen LogP contribution in [0.15, 0.2) is 0 Å². The topological polar surface area (TPSA) is 61.8 Å². The summed E-state index contributed by atoms with van der Waals surface area (Å²) in [5.74, 6) is -0.828. The molecule has 1 fully saturated rings. The van der Waals surface area contributed by atoms with E-state index in [-0.39, 0.29) is 18.3 Å². The van der Waals surface area contributed by atoms with Crippen LogP contribution in [-0.4, -0.2) is 24.0 Å². The minimum atomic E-state index is -1.22. The van der Waals surface area contributed by atoms with E-state index in [0.29, 0.717) is 0 Å². The number of esters is 2. The van der Waals surface area contributed by atoms with Crippen LogP contribution >= 0.6 is 0 Å². The van der Waals surface area contributed by atoms with Gasteiger partial charge in [0.2, 0.25) is 0 Å². The monoisotopic (exact) mass is 244 g/mol. The molecule has 1 aliphatic heterocycles. The molecule has 0 aromatic carbocycles. The van der Waals surface area contributed by atoms with E-state index in [1.165, 1.54) is 0 Å². The van der Waals surface area contributed by atoms with Gasteiger partial charge < -0.3 is 14.2 Å². The van der Waals surface area contributed by atoms with Crippen molar-refractivity contribution >= 4 is 11.9 Å². The zero-order valence-corrected chi connectivity index (χ0v) is 11.0. The molecule has 98 valence electrons. The highest BCUT2D eigenvalue weighted by molar-refractivity contribution is 5.92. The zero-order chi connectivity index (χ0) is 13.2. The summed E-state index contributed by atoms with van der Waals surface area (Å²) < 4.78 is 15.4. The maximum atomic E-state index is 11.1. The van der Waals surface area contributed by atoms with Gasteiger partial charge in [0.1, 0.15) is 6.42 Å². The van der Waals surface area contributed by atoms with E-state index in [9.17, 15) is 9.59 Å². The Morgan fingerprint density at radius 1 is 1.12 bits per heavy atom. The average Bonchev–Trinajstić information content (AvgIpc) is 2.14. The van der Waals surface area contributed by atoms with Gasteiger partial charge in [-0.1, -0.05) is 27.7 Å². The first-order valence-corrected chi connectivity index (χ1v) is 5.82. The van der Waals surface area contributed by atoms with Gasteiger partial charge in [-0.25, -0.2) is 0 Å². The number of rotatable bonds is 4.